The summed E-state index contributed by atoms with van der Waals surface area (Å²) in [6, 6.07) is 17.9. The average molecular weight is 354 g/mol. The fourth-order valence-electron chi connectivity index (χ4n) is 2.99. The highest BCUT2D eigenvalue weighted by Gasteiger charge is 2.09. The van der Waals surface area contributed by atoms with Crippen molar-refractivity contribution in [2.75, 3.05) is 5.32 Å². The number of nitrogens with one attached hydrogen (secondary N) is 2. The first-order chi connectivity index (χ1) is 13.4. The number of rotatable bonds is 4. The molecule has 5 rings (SSSR count). The van der Waals surface area contributed by atoms with E-state index in [9.17, 15) is 0 Å². The van der Waals surface area contributed by atoms with Gasteiger partial charge in [0.1, 0.15) is 12.0 Å². The summed E-state index contributed by atoms with van der Waals surface area (Å²) in [7, 11) is 0. The lowest BCUT2D eigenvalue weighted by Gasteiger charge is -2.08. The molecule has 8 nitrogen and oxygen atoms in total. The fraction of sp³-hybridized carbons (Fsp3) is 0. The van der Waals surface area contributed by atoms with E-state index < -0.39 is 0 Å². The Labute approximate surface area is 153 Å². The average Bonchev–Trinajstić information content (AvgIpc) is 3.39. The van der Waals surface area contributed by atoms with E-state index in [-0.39, 0.29) is 0 Å². The Bertz CT molecular complexity index is 1200. The Morgan fingerprint density at radius 1 is 0.926 bits per heavy atom. The number of fused-ring (bicyclic) bond motifs is 1. The van der Waals surface area contributed by atoms with E-state index >= 15 is 0 Å². The molecule has 0 aliphatic carbocycles. The number of benzene rings is 2. The van der Waals surface area contributed by atoms with Crippen molar-refractivity contribution in [1.29, 1.82) is 0 Å². The van der Waals surface area contributed by atoms with Crippen molar-refractivity contribution in [3.05, 3.63) is 73.3 Å². The Morgan fingerprint density at radius 2 is 1.81 bits per heavy atom. The van der Waals surface area contributed by atoms with Crippen molar-refractivity contribution in [2.24, 2.45) is 0 Å². The summed E-state index contributed by atoms with van der Waals surface area (Å²) in [4.78, 5) is 4.07. The Morgan fingerprint density at radius 3 is 2.67 bits per heavy atom. The van der Waals surface area contributed by atoms with E-state index in [0.29, 0.717) is 0 Å². The molecule has 0 amide bonds. The van der Waals surface area contributed by atoms with E-state index in [1.54, 1.807) is 23.4 Å². The fourth-order valence-corrected chi connectivity index (χ4v) is 2.99. The maximum atomic E-state index is 4.46. The van der Waals surface area contributed by atoms with Gasteiger partial charge >= 0.3 is 0 Å². The van der Waals surface area contributed by atoms with Crippen molar-refractivity contribution in [1.82, 2.24) is 35.4 Å². The van der Waals surface area contributed by atoms with Crippen molar-refractivity contribution < 1.29 is 0 Å². The molecule has 8 heteroatoms. The van der Waals surface area contributed by atoms with E-state index in [0.717, 1.165) is 39.2 Å². The predicted octanol–water partition coefficient (Wildman–Crippen LogP) is 3.34. The highest BCUT2D eigenvalue weighted by atomic mass is 15.5. The number of hydrogen-bond donors (Lipinski definition) is 2. The van der Waals surface area contributed by atoms with Crippen LogP contribution < -0.4 is 5.32 Å². The highest BCUT2D eigenvalue weighted by Crippen LogP contribution is 2.29. The third-order valence-electron chi connectivity index (χ3n) is 4.26. The van der Waals surface area contributed by atoms with Gasteiger partial charge in [0.2, 0.25) is 0 Å². The van der Waals surface area contributed by atoms with Gasteiger partial charge in [-0.15, -0.1) is 5.10 Å². The van der Waals surface area contributed by atoms with E-state index in [1.165, 1.54) is 0 Å². The van der Waals surface area contributed by atoms with Gasteiger partial charge in [-0.1, -0.05) is 6.07 Å². The van der Waals surface area contributed by atoms with E-state index in [2.05, 4.69) is 42.1 Å². The zero-order valence-corrected chi connectivity index (χ0v) is 14.1. The van der Waals surface area contributed by atoms with Gasteiger partial charge in [0.05, 0.1) is 11.2 Å². The first-order valence-electron chi connectivity index (χ1n) is 8.36. The summed E-state index contributed by atoms with van der Waals surface area (Å²) >= 11 is 0. The van der Waals surface area contributed by atoms with Gasteiger partial charge in [0, 0.05) is 34.7 Å². The molecular formula is C19H14N8. The Kier molecular flexibility index (Phi) is 3.57. The molecule has 0 atom stereocenters. The quantitative estimate of drug-likeness (QED) is 0.514. The number of pyridine rings is 1. The van der Waals surface area contributed by atoms with Gasteiger partial charge < -0.3 is 5.32 Å². The molecule has 5 aromatic rings. The lowest BCUT2D eigenvalue weighted by atomic mass is 10.1. The summed E-state index contributed by atoms with van der Waals surface area (Å²) in [6.07, 6.45) is 5.10. The van der Waals surface area contributed by atoms with Gasteiger partial charge in [-0.05, 0) is 59.0 Å². The molecule has 2 N–H and O–H groups in total. The number of anilines is 2. The summed E-state index contributed by atoms with van der Waals surface area (Å²) in [5, 5.41) is 23.3. The van der Waals surface area contributed by atoms with Crippen LogP contribution in [-0.4, -0.2) is 35.4 Å². The lowest BCUT2D eigenvalue weighted by molar-refractivity contribution is 0.789. The van der Waals surface area contributed by atoms with E-state index in [1.807, 2.05) is 48.5 Å². The van der Waals surface area contributed by atoms with Crippen LogP contribution in [0.3, 0.4) is 0 Å². The summed E-state index contributed by atoms with van der Waals surface area (Å²) in [5.74, 6) is 0. The zero-order valence-electron chi connectivity index (χ0n) is 14.1. The largest absolute Gasteiger partial charge is 0.355 e. The molecule has 3 heterocycles. The molecule has 0 aliphatic heterocycles. The number of H-pyrrole nitrogens is 1. The maximum Gasteiger partial charge on any atom is 0.143 e. The Hall–Kier alpha value is -4.07. The van der Waals surface area contributed by atoms with Crippen LogP contribution in [-0.2, 0) is 0 Å². The number of hydrogen-bond acceptors (Lipinski definition) is 6. The minimum atomic E-state index is 0.881. The van der Waals surface area contributed by atoms with Gasteiger partial charge in [-0.25, -0.2) is 4.68 Å². The molecule has 3 aromatic heterocycles. The number of nitrogens with zero attached hydrogens (tertiary/aromatic N) is 6. The number of aromatic nitrogens is 7. The van der Waals surface area contributed by atoms with Crippen LogP contribution in [0, 0.1) is 0 Å². The van der Waals surface area contributed by atoms with Crippen LogP contribution in [0.4, 0.5) is 11.4 Å². The monoisotopic (exact) mass is 354 g/mol. The number of tetrazole rings is 1. The lowest BCUT2D eigenvalue weighted by Crippen LogP contribution is -1.97. The number of aromatic amines is 1. The molecule has 2 aromatic carbocycles. The molecule has 0 aliphatic rings. The van der Waals surface area contributed by atoms with Crippen LogP contribution in [0.15, 0.2) is 73.3 Å². The van der Waals surface area contributed by atoms with Crippen molar-refractivity contribution in [3.63, 3.8) is 0 Å². The zero-order chi connectivity index (χ0) is 18.1. The maximum absolute atomic E-state index is 4.46. The topological polar surface area (TPSA) is 97.2 Å². The second-order valence-corrected chi connectivity index (χ2v) is 6.00. The molecule has 130 valence electrons. The summed E-state index contributed by atoms with van der Waals surface area (Å²) in [6.45, 7) is 0. The third kappa shape index (κ3) is 2.89. The SMILES string of the molecule is c1cc(Nc2ccc3[nH]nc(-c4ccncc4)c3c2)cc(-n2cnnn2)c1. The van der Waals surface area contributed by atoms with Crippen LogP contribution >= 0.6 is 0 Å². The molecule has 0 fully saturated rings. The van der Waals surface area contributed by atoms with Gasteiger partial charge in [-0.2, -0.15) is 5.10 Å². The van der Waals surface area contributed by atoms with Gasteiger partial charge in [0.25, 0.3) is 0 Å². The van der Waals surface area contributed by atoms with Gasteiger partial charge in [0.15, 0.2) is 0 Å². The Balaban J connectivity index is 1.50. The second-order valence-electron chi connectivity index (χ2n) is 6.00. The van der Waals surface area contributed by atoms with Crippen molar-refractivity contribution in [2.45, 2.75) is 0 Å². The minimum absolute atomic E-state index is 0.881. The van der Waals surface area contributed by atoms with Crippen LogP contribution in [0.1, 0.15) is 0 Å². The second kappa shape index (κ2) is 6.34. The normalized spacial score (nSPS) is 11.0. The van der Waals surface area contributed by atoms with Gasteiger partial charge in [-0.3, -0.25) is 10.1 Å². The van der Waals surface area contributed by atoms with Crippen molar-refractivity contribution >= 4 is 22.3 Å². The van der Waals surface area contributed by atoms with E-state index in [4.69, 9.17) is 0 Å². The molecule has 0 radical (unpaired) electrons. The minimum Gasteiger partial charge on any atom is -0.355 e. The van der Waals surface area contributed by atoms with Crippen LogP contribution in [0.2, 0.25) is 0 Å². The smallest absolute Gasteiger partial charge is 0.143 e. The van der Waals surface area contributed by atoms with Crippen LogP contribution in [0.5, 0.6) is 0 Å². The highest BCUT2D eigenvalue weighted by molar-refractivity contribution is 5.95. The van der Waals surface area contributed by atoms with Crippen LogP contribution in [0.25, 0.3) is 27.8 Å². The van der Waals surface area contributed by atoms with Crippen molar-refractivity contribution in [3.8, 4) is 16.9 Å². The summed E-state index contributed by atoms with van der Waals surface area (Å²) < 4.78 is 1.62. The molecule has 0 spiro atoms. The predicted molar refractivity (Wildman–Crippen MR) is 102 cm³/mol. The molecule has 0 saturated carbocycles. The standard InChI is InChI=1S/C19H14N8/c1-2-14(10-16(3-1)27-12-21-25-26-27)22-15-4-5-18-17(11-15)19(24-23-18)13-6-8-20-9-7-13/h1-12,22H,(H,23,24). The molecule has 0 bridgehead atoms. The molecule has 27 heavy (non-hydrogen) atoms. The molecule has 0 unspecified atom stereocenters. The summed E-state index contributed by atoms with van der Waals surface area (Å²) in [5.41, 5.74) is 5.69. The first kappa shape index (κ1) is 15.2. The molecular weight excluding hydrogens is 340 g/mol. The third-order valence-corrected chi connectivity index (χ3v) is 4.26. The first-order valence-corrected chi connectivity index (χ1v) is 8.36. The molecule has 0 saturated heterocycles.